The highest BCUT2D eigenvalue weighted by molar-refractivity contribution is 5.78. The lowest BCUT2D eigenvalue weighted by molar-refractivity contribution is -0.135. The normalized spacial score (nSPS) is 19.4. The average Bonchev–Trinajstić information content (AvgIpc) is 2.35. The maximum Gasteiger partial charge on any atom is 0.410 e. The molecule has 1 aliphatic rings. The van der Waals surface area contributed by atoms with Gasteiger partial charge >= 0.3 is 6.09 Å². The quantitative estimate of drug-likeness (QED) is 0.781. The molecule has 0 bridgehead atoms. The molecule has 1 fully saturated rings. The van der Waals surface area contributed by atoms with Gasteiger partial charge in [-0.3, -0.25) is 4.79 Å². The second-order valence-electron chi connectivity index (χ2n) is 6.76. The molecule has 0 aromatic heterocycles. The van der Waals surface area contributed by atoms with Crippen LogP contribution in [0.4, 0.5) is 4.79 Å². The minimum atomic E-state index is -0.600. The monoisotopic (exact) mass is 295 g/mol. The second kappa shape index (κ2) is 6.79. The third kappa shape index (κ3) is 5.25. The molecule has 1 atom stereocenters. The Hall–Kier alpha value is -1.77. The number of carbonyl (C=O) groups is 2. The molecule has 1 saturated heterocycles. The van der Waals surface area contributed by atoms with Crippen molar-refractivity contribution in [2.45, 2.75) is 52.7 Å². The van der Waals surface area contributed by atoms with Crippen molar-refractivity contribution in [1.82, 2.24) is 9.80 Å². The molecule has 0 saturated carbocycles. The molecule has 0 aromatic carbocycles. The van der Waals surface area contributed by atoms with E-state index in [0.29, 0.717) is 19.5 Å². The van der Waals surface area contributed by atoms with Crippen molar-refractivity contribution in [2.75, 3.05) is 19.6 Å². The number of piperazine rings is 1. The molecule has 0 radical (unpaired) electrons. The summed E-state index contributed by atoms with van der Waals surface area (Å²) in [5.74, 6) is 0.223. The Morgan fingerprint density at radius 2 is 1.95 bits per heavy atom. The predicted octanol–water partition coefficient (Wildman–Crippen LogP) is 2.00. The lowest BCUT2D eigenvalue weighted by Gasteiger charge is -2.38. The summed E-state index contributed by atoms with van der Waals surface area (Å²) in [5, 5.41) is 9.25. The molecule has 0 aliphatic carbocycles. The van der Waals surface area contributed by atoms with Crippen LogP contribution in [0.25, 0.3) is 0 Å². The molecule has 1 unspecified atom stereocenters. The van der Waals surface area contributed by atoms with Crippen LogP contribution in [0.1, 0.15) is 41.0 Å². The minimum absolute atomic E-state index is 0.0274. The third-order valence-electron chi connectivity index (χ3n) is 3.08. The molecule has 21 heavy (non-hydrogen) atoms. The lowest BCUT2D eigenvalue weighted by Crippen LogP contribution is -2.56. The lowest BCUT2D eigenvalue weighted by atomic mass is 10.1. The summed E-state index contributed by atoms with van der Waals surface area (Å²) in [4.78, 5) is 27.2. The van der Waals surface area contributed by atoms with E-state index >= 15 is 0 Å². The Morgan fingerprint density at radius 1 is 1.33 bits per heavy atom. The van der Waals surface area contributed by atoms with E-state index in [4.69, 9.17) is 4.74 Å². The summed E-state index contributed by atoms with van der Waals surface area (Å²) < 4.78 is 5.30. The molecule has 118 valence electrons. The van der Waals surface area contributed by atoms with Crippen molar-refractivity contribution in [1.29, 1.82) is 5.26 Å². The van der Waals surface area contributed by atoms with Crippen molar-refractivity contribution in [3.8, 4) is 6.07 Å². The maximum atomic E-state index is 12.1. The van der Waals surface area contributed by atoms with Gasteiger partial charge in [-0.15, -0.1) is 0 Å². The predicted molar refractivity (Wildman–Crippen MR) is 78.4 cm³/mol. The van der Waals surface area contributed by atoms with Gasteiger partial charge in [-0.25, -0.2) is 4.79 Å². The summed E-state index contributed by atoms with van der Waals surface area (Å²) in [7, 11) is 0. The first-order valence-electron chi connectivity index (χ1n) is 7.31. The highest BCUT2D eigenvalue weighted by atomic mass is 16.6. The molecule has 0 aromatic rings. The maximum absolute atomic E-state index is 12.1. The average molecular weight is 295 g/mol. The van der Waals surface area contributed by atoms with Crippen LogP contribution in [-0.4, -0.2) is 53.1 Å². The fourth-order valence-corrected chi connectivity index (χ4v) is 2.15. The fraction of sp³-hybridized carbons (Fsp3) is 0.800. The molecule has 1 aliphatic heterocycles. The smallest absolute Gasteiger partial charge is 0.410 e. The zero-order chi connectivity index (χ0) is 16.2. The van der Waals surface area contributed by atoms with Crippen molar-refractivity contribution in [3.05, 3.63) is 0 Å². The van der Waals surface area contributed by atoms with Crippen molar-refractivity contribution >= 4 is 12.0 Å². The molecular weight excluding hydrogens is 270 g/mol. The van der Waals surface area contributed by atoms with Crippen LogP contribution in [0.2, 0.25) is 0 Å². The van der Waals surface area contributed by atoms with Gasteiger partial charge in [0.05, 0.1) is 12.6 Å². The molecular formula is C15H25N3O3. The Bertz CT molecular complexity index is 434. The number of nitrogens with zero attached hydrogens (tertiary/aromatic N) is 3. The van der Waals surface area contributed by atoms with E-state index in [0.717, 1.165) is 0 Å². The Balaban J connectivity index is 2.67. The van der Waals surface area contributed by atoms with Gasteiger partial charge in [0.15, 0.2) is 0 Å². The number of hydrogen-bond acceptors (Lipinski definition) is 4. The number of ether oxygens (including phenoxy) is 1. The first-order chi connectivity index (χ1) is 9.64. The summed E-state index contributed by atoms with van der Waals surface area (Å²) in [5.41, 5.74) is -0.566. The van der Waals surface area contributed by atoms with Crippen LogP contribution in [-0.2, 0) is 9.53 Å². The van der Waals surface area contributed by atoms with Crippen molar-refractivity contribution in [3.63, 3.8) is 0 Å². The molecule has 0 spiro atoms. The largest absolute Gasteiger partial charge is 0.444 e. The van der Waals surface area contributed by atoms with Gasteiger partial charge in [0, 0.05) is 19.5 Å². The topological polar surface area (TPSA) is 73.6 Å². The summed E-state index contributed by atoms with van der Waals surface area (Å²) in [6.45, 7) is 10.3. The standard InChI is InChI=1S/C15H25N3O3/c1-11(2)8-13(19)18-7-6-17(10-12(18)9-16)14(20)21-15(3,4)5/h11-12H,6-8,10H2,1-5H3. The molecule has 2 amide bonds. The highest BCUT2D eigenvalue weighted by Gasteiger charge is 2.34. The number of amides is 2. The molecule has 0 N–H and O–H groups in total. The van der Waals surface area contributed by atoms with Crippen LogP contribution in [0.15, 0.2) is 0 Å². The molecule has 6 heteroatoms. The van der Waals surface area contributed by atoms with Crippen LogP contribution in [0.3, 0.4) is 0 Å². The Morgan fingerprint density at radius 3 is 2.43 bits per heavy atom. The molecule has 6 nitrogen and oxygen atoms in total. The van der Waals surface area contributed by atoms with Gasteiger partial charge in [-0.1, -0.05) is 13.8 Å². The minimum Gasteiger partial charge on any atom is -0.444 e. The molecule has 1 rings (SSSR count). The van der Waals surface area contributed by atoms with E-state index in [2.05, 4.69) is 6.07 Å². The van der Waals surface area contributed by atoms with Gasteiger partial charge in [0.1, 0.15) is 11.6 Å². The van der Waals surface area contributed by atoms with Crippen LogP contribution < -0.4 is 0 Å². The van der Waals surface area contributed by atoms with E-state index in [1.165, 1.54) is 4.90 Å². The van der Waals surface area contributed by atoms with E-state index in [1.807, 2.05) is 13.8 Å². The number of nitriles is 1. The molecule has 1 heterocycles. The van der Waals surface area contributed by atoms with E-state index < -0.39 is 17.7 Å². The zero-order valence-electron chi connectivity index (χ0n) is 13.5. The van der Waals surface area contributed by atoms with E-state index in [9.17, 15) is 14.9 Å². The second-order valence-corrected chi connectivity index (χ2v) is 6.76. The van der Waals surface area contributed by atoms with Gasteiger partial charge in [0.2, 0.25) is 5.91 Å². The Labute approximate surface area is 126 Å². The van der Waals surface area contributed by atoms with E-state index in [1.54, 1.807) is 25.7 Å². The third-order valence-corrected chi connectivity index (χ3v) is 3.08. The Kier molecular flexibility index (Phi) is 5.59. The van der Waals surface area contributed by atoms with Gasteiger partial charge in [-0.2, -0.15) is 5.26 Å². The number of hydrogen-bond donors (Lipinski definition) is 0. The fourth-order valence-electron chi connectivity index (χ4n) is 2.15. The van der Waals surface area contributed by atoms with Crippen LogP contribution >= 0.6 is 0 Å². The number of rotatable bonds is 2. The highest BCUT2D eigenvalue weighted by Crippen LogP contribution is 2.16. The van der Waals surface area contributed by atoms with Gasteiger partial charge < -0.3 is 14.5 Å². The first-order valence-corrected chi connectivity index (χ1v) is 7.31. The summed E-state index contributed by atoms with van der Waals surface area (Å²) in [6.07, 6.45) is -0.0105. The zero-order valence-corrected chi connectivity index (χ0v) is 13.5. The van der Waals surface area contributed by atoms with Crippen molar-refractivity contribution in [2.24, 2.45) is 5.92 Å². The van der Waals surface area contributed by atoms with Crippen LogP contribution in [0, 0.1) is 17.2 Å². The SMILES string of the molecule is CC(C)CC(=O)N1CCN(C(=O)OC(C)(C)C)CC1C#N. The first kappa shape index (κ1) is 17.3. The summed E-state index contributed by atoms with van der Waals surface area (Å²) >= 11 is 0. The van der Waals surface area contributed by atoms with Crippen molar-refractivity contribution < 1.29 is 14.3 Å². The van der Waals surface area contributed by atoms with Gasteiger partial charge in [0.25, 0.3) is 0 Å². The van der Waals surface area contributed by atoms with Gasteiger partial charge in [-0.05, 0) is 26.7 Å². The van der Waals surface area contributed by atoms with E-state index in [-0.39, 0.29) is 18.4 Å². The number of carbonyl (C=O) groups excluding carboxylic acids is 2. The summed E-state index contributed by atoms with van der Waals surface area (Å²) in [6, 6.07) is 1.51. The van der Waals surface area contributed by atoms with Crippen LogP contribution in [0.5, 0.6) is 0 Å².